The predicted octanol–water partition coefficient (Wildman–Crippen LogP) is 3.66. The number of aromatic nitrogens is 3. The lowest BCUT2D eigenvalue weighted by Gasteiger charge is -2.05. The second-order valence-electron chi connectivity index (χ2n) is 5.21. The Hall–Kier alpha value is -2.24. The van der Waals surface area contributed by atoms with Crippen LogP contribution in [0.3, 0.4) is 0 Å². The van der Waals surface area contributed by atoms with Crippen molar-refractivity contribution in [2.24, 2.45) is 0 Å². The summed E-state index contributed by atoms with van der Waals surface area (Å²) in [6, 6.07) is 10.0. The van der Waals surface area contributed by atoms with Crippen LogP contribution in [0.25, 0.3) is 5.69 Å². The minimum atomic E-state index is -0.285. The molecule has 0 unspecified atom stereocenters. The van der Waals surface area contributed by atoms with Gasteiger partial charge in [0.05, 0.1) is 11.4 Å². The molecule has 0 saturated heterocycles. The minimum absolute atomic E-state index is 0.285. The van der Waals surface area contributed by atoms with Gasteiger partial charge < -0.3 is 5.32 Å². The Morgan fingerprint density at radius 2 is 1.96 bits per heavy atom. The molecule has 2 aromatic heterocycles. The van der Waals surface area contributed by atoms with Crippen molar-refractivity contribution in [1.29, 1.82) is 0 Å². The van der Waals surface area contributed by atoms with Gasteiger partial charge in [0.1, 0.15) is 11.0 Å². The molecule has 0 radical (unpaired) electrons. The standard InChI is InChI=1S/C17H16ClFN4/c1-12-16(11-21-10-13-3-2-8-20-9-13)17(18)23(22-12)15-6-4-14(19)5-7-15/h2-9,21H,10-11H2,1H3. The number of hydrogen-bond acceptors (Lipinski definition) is 3. The molecule has 0 atom stereocenters. The average molecular weight is 331 g/mol. The Morgan fingerprint density at radius 3 is 2.65 bits per heavy atom. The van der Waals surface area contributed by atoms with Gasteiger partial charge in [0.15, 0.2) is 0 Å². The van der Waals surface area contributed by atoms with Crippen LogP contribution >= 0.6 is 11.6 Å². The Kier molecular flexibility index (Phi) is 4.69. The molecule has 3 aromatic rings. The molecule has 0 aliphatic rings. The Morgan fingerprint density at radius 1 is 1.17 bits per heavy atom. The maximum atomic E-state index is 13.0. The molecule has 0 bridgehead atoms. The van der Waals surface area contributed by atoms with E-state index in [1.807, 2.05) is 25.3 Å². The van der Waals surface area contributed by atoms with E-state index in [1.165, 1.54) is 12.1 Å². The third-order valence-electron chi connectivity index (χ3n) is 3.55. The molecule has 0 aliphatic carbocycles. The van der Waals surface area contributed by atoms with Gasteiger partial charge in [-0.1, -0.05) is 17.7 Å². The van der Waals surface area contributed by atoms with Crippen LogP contribution in [0.4, 0.5) is 4.39 Å². The minimum Gasteiger partial charge on any atom is -0.308 e. The number of hydrogen-bond donors (Lipinski definition) is 1. The fraction of sp³-hybridized carbons (Fsp3) is 0.176. The molecule has 4 nitrogen and oxygen atoms in total. The maximum absolute atomic E-state index is 13.0. The van der Waals surface area contributed by atoms with Gasteiger partial charge in [0, 0.05) is 31.0 Å². The van der Waals surface area contributed by atoms with Crippen molar-refractivity contribution < 1.29 is 4.39 Å². The zero-order valence-electron chi connectivity index (χ0n) is 12.6. The number of nitrogens with one attached hydrogen (secondary N) is 1. The van der Waals surface area contributed by atoms with E-state index in [0.717, 1.165) is 22.5 Å². The molecule has 2 heterocycles. The highest BCUT2D eigenvalue weighted by molar-refractivity contribution is 6.30. The number of benzene rings is 1. The van der Waals surface area contributed by atoms with Gasteiger partial charge >= 0.3 is 0 Å². The van der Waals surface area contributed by atoms with E-state index in [4.69, 9.17) is 11.6 Å². The van der Waals surface area contributed by atoms with Crippen molar-refractivity contribution in [3.05, 3.63) is 76.6 Å². The van der Waals surface area contributed by atoms with E-state index in [0.29, 0.717) is 18.2 Å². The van der Waals surface area contributed by atoms with Crippen LogP contribution in [0.5, 0.6) is 0 Å². The largest absolute Gasteiger partial charge is 0.308 e. The SMILES string of the molecule is Cc1nn(-c2ccc(F)cc2)c(Cl)c1CNCc1cccnc1. The monoisotopic (exact) mass is 330 g/mol. The molecule has 0 amide bonds. The maximum Gasteiger partial charge on any atom is 0.137 e. The van der Waals surface area contributed by atoms with Crippen LogP contribution in [0, 0.1) is 12.7 Å². The number of rotatable bonds is 5. The Labute approximate surface area is 138 Å². The zero-order chi connectivity index (χ0) is 16.2. The van der Waals surface area contributed by atoms with Gasteiger partial charge in [-0.2, -0.15) is 5.10 Å². The average Bonchev–Trinajstić information content (AvgIpc) is 2.85. The summed E-state index contributed by atoms with van der Waals surface area (Å²) in [6.45, 7) is 3.21. The lowest BCUT2D eigenvalue weighted by molar-refractivity contribution is 0.627. The molecule has 3 rings (SSSR count). The summed E-state index contributed by atoms with van der Waals surface area (Å²) in [5.74, 6) is -0.285. The molecule has 0 fully saturated rings. The molecule has 0 spiro atoms. The normalized spacial score (nSPS) is 10.9. The van der Waals surface area contributed by atoms with Crippen LogP contribution in [0.2, 0.25) is 5.15 Å². The van der Waals surface area contributed by atoms with Crippen molar-refractivity contribution in [3.63, 3.8) is 0 Å². The van der Waals surface area contributed by atoms with Crippen LogP contribution in [-0.4, -0.2) is 14.8 Å². The quantitative estimate of drug-likeness (QED) is 0.776. The molecular weight excluding hydrogens is 315 g/mol. The molecule has 118 valence electrons. The van der Waals surface area contributed by atoms with Crippen LogP contribution in [0.15, 0.2) is 48.8 Å². The summed E-state index contributed by atoms with van der Waals surface area (Å²) in [7, 11) is 0. The van der Waals surface area contributed by atoms with Crippen molar-refractivity contribution >= 4 is 11.6 Å². The fourth-order valence-corrected chi connectivity index (χ4v) is 2.66. The number of pyridine rings is 1. The van der Waals surface area contributed by atoms with E-state index in [-0.39, 0.29) is 5.82 Å². The molecule has 0 aliphatic heterocycles. The van der Waals surface area contributed by atoms with E-state index in [9.17, 15) is 4.39 Å². The summed E-state index contributed by atoms with van der Waals surface area (Å²) in [5.41, 5.74) is 3.61. The van der Waals surface area contributed by atoms with Gasteiger partial charge in [0.25, 0.3) is 0 Å². The summed E-state index contributed by atoms with van der Waals surface area (Å²) in [6.07, 6.45) is 3.57. The first-order valence-corrected chi connectivity index (χ1v) is 7.62. The van der Waals surface area contributed by atoms with Gasteiger partial charge in [-0.05, 0) is 42.8 Å². The summed E-state index contributed by atoms with van der Waals surface area (Å²) in [4.78, 5) is 4.08. The second-order valence-corrected chi connectivity index (χ2v) is 5.57. The molecule has 1 N–H and O–H groups in total. The van der Waals surface area contributed by atoms with E-state index < -0.39 is 0 Å². The molecule has 0 saturated carbocycles. The van der Waals surface area contributed by atoms with Crippen LogP contribution in [0.1, 0.15) is 16.8 Å². The van der Waals surface area contributed by atoms with Crippen molar-refractivity contribution in [3.8, 4) is 5.69 Å². The molecule has 6 heteroatoms. The number of halogens is 2. The molecule has 1 aromatic carbocycles. The fourth-order valence-electron chi connectivity index (χ4n) is 2.32. The zero-order valence-corrected chi connectivity index (χ0v) is 13.4. The van der Waals surface area contributed by atoms with Crippen molar-refractivity contribution in [2.45, 2.75) is 20.0 Å². The second kappa shape index (κ2) is 6.89. The van der Waals surface area contributed by atoms with E-state index >= 15 is 0 Å². The summed E-state index contributed by atoms with van der Waals surface area (Å²) < 4.78 is 14.7. The first kappa shape index (κ1) is 15.6. The van der Waals surface area contributed by atoms with Crippen LogP contribution in [-0.2, 0) is 13.1 Å². The highest BCUT2D eigenvalue weighted by Gasteiger charge is 2.14. The van der Waals surface area contributed by atoms with E-state index in [1.54, 1.807) is 23.0 Å². The lowest BCUT2D eigenvalue weighted by Crippen LogP contribution is -2.13. The highest BCUT2D eigenvalue weighted by Crippen LogP contribution is 2.23. The third kappa shape index (κ3) is 3.57. The Balaban J connectivity index is 1.74. The molecular formula is C17H16ClFN4. The topological polar surface area (TPSA) is 42.7 Å². The highest BCUT2D eigenvalue weighted by atomic mass is 35.5. The van der Waals surface area contributed by atoms with Gasteiger partial charge in [0.2, 0.25) is 0 Å². The van der Waals surface area contributed by atoms with E-state index in [2.05, 4.69) is 15.4 Å². The van der Waals surface area contributed by atoms with Gasteiger partial charge in [-0.25, -0.2) is 9.07 Å². The van der Waals surface area contributed by atoms with Crippen molar-refractivity contribution in [2.75, 3.05) is 0 Å². The Bertz CT molecular complexity index is 784. The summed E-state index contributed by atoms with van der Waals surface area (Å²) in [5, 5.41) is 8.32. The third-order valence-corrected chi connectivity index (χ3v) is 3.93. The smallest absolute Gasteiger partial charge is 0.137 e. The molecule has 23 heavy (non-hydrogen) atoms. The summed E-state index contributed by atoms with van der Waals surface area (Å²) >= 11 is 6.44. The number of aryl methyl sites for hydroxylation is 1. The van der Waals surface area contributed by atoms with Gasteiger partial charge in [-0.15, -0.1) is 0 Å². The first-order chi connectivity index (χ1) is 11.1. The lowest BCUT2D eigenvalue weighted by atomic mass is 10.2. The van der Waals surface area contributed by atoms with Gasteiger partial charge in [-0.3, -0.25) is 4.98 Å². The van der Waals surface area contributed by atoms with Crippen LogP contribution < -0.4 is 5.32 Å². The first-order valence-electron chi connectivity index (χ1n) is 7.24. The number of nitrogens with zero attached hydrogens (tertiary/aromatic N) is 3. The predicted molar refractivity (Wildman–Crippen MR) is 88.0 cm³/mol. The van der Waals surface area contributed by atoms with Crippen molar-refractivity contribution in [1.82, 2.24) is 20.1 Å².